The Kier molecular flexibility index (Phi) is 5.08. The van der Waals surface area contributed by atoms with Crippen molar-refractivity contribution in [3.8, 4) is 0 Å². The summed E-state index contributed by atoms with van der Waals surface area (Å²) < 4.78 is 5.11. The van der Waals surface area contributed by atoms with Crippen LogP contribution in [0.4, 0.5) is 0 Å². The van der Waals surface area contributed by atoms with E-state index in [0.29, 0.717) is 38.6 Å². The molecule has 1 heterocycles. The zero-order valence-electron chi connectivity index (χ0n) is 11.5. The van der Waals surface area contributed by atoms with Gasteiger partial charge in [-0.25, -0.2) is 4.79 Å². The second kappa shape index (κ2) is 6.64. The van der Waals surface area contributed by atoms with Crippen LogP contribution < -0.4 is 10.6 Å². The molecule has 1 aliphatic rings. The number of hydrogen-bond acceptors (Lipinski definition) is 3. The third-order valence-electron chi connectivity index (χ3n) is 3.04. The lowest BCUT2D eigenvalue weighted by Gasteiger charge is -2.30. The molecule has 0 bridgehead atoms. The highest BCUT2D eigenvalue weighted by Crippen LogP contribution is 2.33. The van der Waals surface area contributed by atoms with Gasteiger partial charge in [-0.05, 0) is 43.8 Å². The van der Waals surface area contributed by atoms with E-state index in [0.717, 1.165) is 0 Å². The predicted molar refractivity (Wildman–Crippen MR) is 87.4 cm³/mol. The first-order valence-corrected chi connectivity index (χ1v) is 7.50. The van der Waals surface area contributed by atoms with Gasteiger partial charge >= 0.3 is 5.97 Å². The molecular formula is C14H14Cl2N2O2S. The van der Waals surface area contributed by atoms with Gasteiger partial charge in [-0.2, -0.15) is 0 Å². The minimum atomic E-state index is -0.470. The van der Waals surface area contributed by atoms with Crippen LogP contribution in [0.2, 0.25) is 10.0 Å². The normalized spacial score (nSPS) is 18.1. The maximum absolute atomic E-state index is 12.2. The summed E-state index contributed by atoms with van der Waals surface area (Å²) in [6, 6.07) is 4.64. The number of allylic oxidation sites excluding steroid dienone is 1. The summed E-state index contributed by atoms with van der Waals surface area (Å²) in [5.41, 5.74) is 1.82. The molecule has 0 saturated heterocycles. The number of thiocarbonyl (C=S) groups is 1. The lowest BCUT2D eigenvalue weighted by molar-refractivity contribution is -0.139. The van der Waals surface area contributed by atoms with Crippen LogP contribution in [0.3, 0.4) is 0 Å². The molecule has 1 aromatic carbocycles. The average molecular weight is 345 g/mol. The summed E-state index contributed by atoms with van der Waals surface area (Å²) in [5.74, 6) is -0.409. The van der Waals surface area contributed by atoms with Crippen molar-refractivity contribution in [3.05, 3.63) is 45.1 Å². The van der Waals surface area contributed by atoms with Gasteiger partial charge in [0.1, 0.15) is 0 Å². The Hall–Kier alpha value is -1.30. The molecule has 0 aliphatic carbocycles. The van der Waals surface area contributed by atoms with E-state index < -0.39 is 12.0 Å². The van der Waals surface area contributed by atoms with Crippen molar-refractivity contribution < 1.29 is 9.53 Å². The molecule has 2 N–H and O–H groups in total. The first kappa shape index (κ1) is 16.1. The van der Waals surface area contributed by atoms with E-state index in [-0.39, 0.29) is 0 Å². The van der Waals surface area contributed by atoms with Crippen LogP contribution in [0.15, 0.2) is 29.5 Å². The molecule has 1 aliphatic heterocycles. The van der Waals surface area contributed by atoms with Crippen molar-refractivity contribution in [1.29, 1.82) is 0 Å². The van der Waals surface area contributed by atoms with E-state index in [1.165, 1.54) is 0 Å². The Morgan fingerprint density at radius 1 is 1.43 bits per heavy atom. The van der Waals surface area contributed by atoms with E-state index in [4.69, 9.17) is 40.2 Å². The second-order valence-electron chi connectivity index (χ2n) is 4.46. The topological polar surface area (TPSA) is 50.4 Å². The maximum atomic E-state index is 12.2. The monoisotopic (exact) mass is 344 g/mol. The van der Waals surface area contributed by atoms with Crippen LogP contribution in [0, 0.1) is 0 Å². The van der Waals surface area contributed by atoms with E-state index >= 15 is 0 Å². The summed E-state index contributed by atoms with van der Waals surface area (Å²) in [7, 11) is 0. The molecule has 1 aromatic rings. The van der Waals surface area contributed by atoms with Gasteiger partial charge in [-0.1, -0.05) is 29.3 Å². The van der Waals surface area contributed by atoms with Gasteiger partial charge in [0, 0.05) is 15.7 Å². The number of ether oxygens (including phenoxy) is 1. The fraction of sp³-hybridized carbons (Fsp3) is 0.286. The average Bonchev–Trinajstić information content (AvgIpc) is 2.37. The molecule has 4 nitrogen and oxygen atoms in total. The summed E-state index contributed by atoms with van der Waals surface area (Å²) in [4.78, 5) is 12.2. The van der Waals surface area contributed by atoms with Gasteiger partial charge in [-0.3, -0.25) is 0 Å². The quantitative estimate of drug-likeness (QED) is 0.650. The molecule has 0 amide bonds. The van der Waals surface area contributed by atoms with E-state index in [2.05, 4.69) is 10.6 Å². The molecule has 0 saturated carbocycles. The van der Waals surface area contributed by atoms with Gasteiger partial charge in [0.15, 0.2) is 5.11 Å². The summed E-state index contributed by atoms with van der Waals surface area (Å²) in [6.07, 6.45) is 0. The van der Waals surface area contributed by atoms with Crippen LogP contribution >= 0.6 is 35.4 Å². The molecule has 0 aromatic heterocycles. The molecule has 1 atom stereocenters. The number of carbonyl (C=O) groups excluding carboxylic acids is 1. The van der Waals surface area contributed by atoms with Gasteiger partial charge in [0.2, 0.25) is 0 Å². The highest BCUT2D eigenvalue weighted by Gasteiger charge is 2.32. The Balaban J connectivity index is 2.49. The minimum absolute atomic E-state index is 0.293. The third-order valence-corrected chi connectivity index (χ3v) is 3.82. The van der Waals surface area contributed by atoms with Crippen molar-refractivity contribution in [2.75, 3.05) is 6.61 Å². The molecule has 2 rings (SSSR count). The Morgan fingerprint density at radius 3 is 2.76 bits per heavy atom. The molecule has 7 heteroatoms. The Morgan fingerprint density at radius 2 is 2.14 bits per heavy atom. The second-order valence-corrected chi connectivity index (χ2v) is 5.71. The minimum Gasteiger partial charge on any atom is -0.463 e. The molecule has 0 radical (unpaired) electrons. The number of nitrogens with one attached hydrogen (secondary N) is 2. The van der Waals surface area contributed by atoms with Gasteiger partial charge in [-0.15, -0.1) is 0 Å². The van der Waals surface area contributed by atoms with Crippen molar-refractivity contribution in [2.45, 2.75) is 19.9 Å². The summed E-state index contributed by atoms with van der Waals surface area (Å²) in [5, 5.41) is 7.39. The Labute approximate surface area is 138 Å². The fourth-order valence-electron chi connectivity index (χ4n) is 2.14. The standard InChI is InChI=1S/C14H14Cl2N2O2S/c1-3-20-13(19)11-7(2)17-14(21)18-12(11)9-5-4-8(15)6-10(9)16/h4-6,12H,3H2,1-2H3,(H2,17,18,21)/t12-/m1/s1. The number of carbonyl (C=O) groups is 1. The van der Waals surface area contributed by atoms with Crippen molar-refractivity contribution in [2.24, 2.45) is 0 Å². The molecule has 21 heavy (non-hydrogen) atoms. The zero-order valence-corrected chi connectivity index (χ0v) is 13.8. The molecule has 112 valence electrons. The van der Waals surface area contributed by atoms with Crippen LogP contribution in [-0.4, -0.2) is 17.7 Å². The first-order valence-electron chi connectivity index (χ1n) is 6.34. The van der Waals surface area contributed by atoms with Crippen molar-refractivity contribution in [3.63, 3.8) is 0 Å². The van der Waals surface area contributed by atoms with Crippen molar-refractivity contribution >= 4 is 46.5 Å². The number of halogens is 2. The van der Waals surface area contributed by atoms with E-state index in [1.54, 1.807) is 32.0 Å². The van der Waals surface area contributed by atoms with Crippen LogP contribution in [0.25, 0.3) is 0 Å². The van der Waals surface area contributed by atoms with Gasteiger partial charge in [0.05, 0.1) is 18.2 Å². The lowest BCUT2D eigenvalue weighted by atomic mass is 9.95. The number of benzene rings is 1. The van der Waals surface area contributed by atoms with E-state index in [9.17, 15) is 4.79 Å². The third kappa shape index (κ3) is 3.48. The van der Waals surface area contributed by atoms with Crippen LogP contribution in [0.5, 0.6) is 0 Å². The van der Waals surface area contributed by atoms with Crippen molar-refractivity contribution in [1.82, 2.24) is 10.6 Å². The SMILES string of the molecule is CCOC(=O)C1=C(C)NC(=S)N[C@@H]1c1ccc(Cl)cc1Cl. The fourth-order valence-corrected chi connectivity index (χ4v) is 2.93. The smallest absolute Gasteiger partial charge is 0.338 e. The van der Waals surface area contributed by atoms with Gasteiger partial charge < -0.3 is 15.4 Å². The molecule has 0 fully saturated rings. The maximum Gasteiger partial charge on any atom is 0.338 e. The Bertz CT molecular complexity index is 631. The molecule has 0 unspecified atom stereocenters. The number of esters is 1. The summed E-state index contributed by atoms with van der Waals surface area (Å²) in [6.45, 7) is 3.82. The molecular weight excluding hydrogens is 331 g/mol. The first-order chi connectivity index (χ1) is 9.93. The highest BCUT2D eigenvalue weighted by molar-refractivity contribution is 7.80. The summed E-state index contributed by atoms with van der Waals surface area (Å²) >= 11 is 17.3. The molecule has 0 spiro atoms. The number of hydrogen-bond donors (Lipinski definition) is 2. The van der Waals surface area contributed by atoms with Crippen LogP contribution in [0.1, 0.15) is 25.5 Å². The number of rotatable bonds is 3. The lowest BCUT2D eigenvalue weighted by Crippen LogP contribution is -2.45. The van der Waals surface area contributed by atoms with Gasteiger partial charge in [0.25, 0.3) is 0 Å². The zero-order chi connectivity index (χ0) is 15.6. The highest BCUT2D eigenvalue weighted by atomic mass is 35.5. The largest absolute Gasteiger partial charge is 0.463 e. The van der Waals surface area contributed by atoms with E-state index in [1.807, 2.05) is 0 Å². The van der Waals surface area contributed by atoms with Crippen LogP contribution in [-0.2, 0) is 9.53 Å². The predicted octanol–water partition coefficient (Wildman–Crippen LogP) is 3.35.